The molecule has 0 saturated heterocycles. The molecule has 0 aliphatic carbocycles. The van der Waals surface area contributed by atoms with Crippen LogP contribution < -0.4 is 59.3 Å². The fourth-order valence-electron chi connectivity index (χ4n) is 8.42. The summed E-state index contributed by atoms with van der Waals surface area (Å²) in [6.07, 6.45) is -1.77. The zero-order valence-electron chi connectivity index (χ0n) is 46.1. The summed E-state index contributed by atoms with van der Waals surface area (Å²) in [5.74, 6) is -10.8. The van der Waals surface area contributed by atoms with Crippen LogP contribution in [0.1, 0.15) is 56.7 Å². The van der Waals surface area contributed by atoms with Crippen molar-refractivity contribution in [2.75, 3.05) is 25.5 Å². The highest BCUT2D eigenvalue weighted by Gasteiger charge is 2.38. The van der Waals surface area contributed by atoms with E-state index >= 15 is 0 Å². The van der Waals surface area contributed by atoms with Gasteiger partial charge in [0.15, 0.2) is 0 Å². The third kappa shape index (κ3) is 21.1. The maximum atomic E-state index is 14.8. The number of carboxylic acids is 1. The van der Waals surface area contributed by atoms with Crippen molar-refractivity contribution >= 4 is 82.7 Å². The zero-order valence-corrected chi connectivity index (χ0v) is 47.0. The van der Waals surface area contributed by atoms with Crippen LogP contribution in [-0.2, 0) is 67.2 Å². The summed E-state index contributed by atoms with van der Waals surface area (Å²) in [5, 5.41) is 73.6. The molecule has 1 aromatic heterocycles. The minimum absolute atomic E-state index is 0.0883. The highest BCUT2D eigenvalue weighted by Crippen LogP contribution is 2.20. The number of nitrogens with one attached hydrogen (secondary N) is 10. The van der Waals surface area contributed by atoms with Crippen LogP contribution in [0.4, 0.5) is 0 Å². The second kappa shape index (κ2) is 33.8. The van der Waals surface area contributed by atoms with E-state index in [1.807, 2.05) is 0 Å². The van der Waals surface area contributed by atoms with E-state index in [1.54, 1.807) is 91.1 Å². The van der Waals surface area contributed by atoms with Gasteiger partial charge < -0.3 is 89.8 Å². The maximum Gasteiger partial charge on any atom is 0.327 e. The number of hydrogen-bond donors (Lipinski definition) is 18. The number of carbonyl (C=O) groups is 10. The van der Waals surface area contributed by atoms with Crippen LogP contribution in [0.25, 0.3) is 10.9 Å². The second-order valence-electron chi connectivity index (χ2n) is 19.8. The Morgan fingerprint density at radius 2 is 0.880 bits per heavy atom. The van der Waals surface area contributed by atoms with Crippen LogP contribution in [0.15, 0.2) is 91.1 Å². The van der Waals surface area contributed by atoms with Crippen molar-refractivity contribution < 1.29 is 73.5 Å². The molecule has 9 amide bonds. The molecule has 0 aliphatic heterocycles. The first-order valence-corrected chi connectivity index (χ1v) is 27.4. The van der Waals surface area contributed by atoms with E-state index in [2.05, 4.69) is 65.5 Å². The first-order chi connectivity index (χ1) is 39.5. The van der Waals surface area contributed by atoms with Gasteiger partial charge in [0.2, 0.25) is 53.2 Å². The SMILES string of the molecule is C[C@H](N)C(=O)N[C@@H](CO)C(=O)N[C@@H](Cc1ccccc1)C(=O)N[C@@H](Cc1c[nH]c2ccccc12)C(=O)N[C@@H](CCCCN)C(=O)N[C@H](C(=O)N[C@@H](Cc1ccccc1)C(=O)N[C@H](C(=O)N[C@@H](CO)C(=O)N[C@@H](CS)C(=O)O)[C@@H](C)O)[C@@H](C)O. The Hall–Kier alpha value is -7.99. The number of hydrogen-bond acceptors (Lipinski definition) is 17. The Balaban J connectivity index is 1.64. The number of nitrogens with two attached hydrogens (primary N) is 2. The summed E-state index contributed by atoms with van der Waals surface area (Å²) in [6.45, 7) is 1.96. The number of aromatic nitrogens is 1. The van der Waals surface area contributed by atoms with Crippen LogP contribution in [0.3, 0.4) is 0 Å². The van der Waals surface area contributed by atoms with Gasteiger partial charge in [0.25, 0.3) is 0 Å². The molecule has 3 aromatic carbocycles. The predicted octanol–water partition coefficient (Wildman–Crippen LogP) is -4.20. The molecular formula is C55H76N12O15S. The summed E-state index contributed by atoms with van der Waals surface area (Å²) in [4.78, 5) is 139. The van der Waals surface area contributed by atoms with Crippen LogP contribution in [0.2, 0.25) is 0 Å². The molecule has 83 heavy (non-hydrogen) atoms. The average Bonchev–Trinajstić information content (AvgIpc) is 4.01. The highest BCUT2D eigenvalue weighted by molar-refractivity contribution is 7.80. The number of aliphatic hydroxyl groups is 4. The molecule has 0 unspecified atom stereocenters. The lowest BCUT2D eigenvalue weighted by Gasteiger charge is -2.29. The summed E-state index contributed by atoms with van der Waals surface area (Å²) in [5.41, 5.74) is 13.8. The van der Waals surface area contributed by atoms with Gasteiger partial charge in [-0.05, 0) is 69.3 Å². The molecular weight excluding hydrogens is 1100 g/mol. The van der Waals surface area contributed by atoms with E-state index in [4.69, 9.17) is 11.5 Å². The Labute approximate surface area is 484 Å². The number of carboxylic acid groups (broad SMARTS) is 1. The quantitative estimate of drug-likeness (QED) is 0.0156. The third-order valence-corrected chi connectivity index (χ3v) is 13.5. The number of H-pyrrole nitrogens is 1. The molecule has 12 atom stereocenters. The monoisotopic (exact) mass is 1180 g/mol. The number of unbranched alkanes of at least 4 members (excludes halogenated alkanes) is 1. The molecule has 0 saturated carbocycles. The molecule has 19 N–H and O–H groups in total. The van der Waals surface area contributed by atoms with Crippen LogP contribution in [-0.4, -0.2) is 188 Å². The lowest BCUT2D eigenvalue weighted by Crippen LogP contribution is -2.63. The van der Waals surface area contributed by atoms with Gasteiger partial charge in [-0.25, -0.2) is 4.79 Å². The van der Waals surface area contributed by atoms with E-state index in [-0.39, 0.29) is 44.4 Å². The molecule has 0 spiro atoms. The molecule has 28 heteroatoms. The Kier molecular flexibility index (Phi) is 27.5. The van der Waals surface area contributed by atoms with Crippen molar-refractivity contribution in [1.29, 1.82) is 0 Å². The number of fused-ring (bicyclic) bond motifs is 1. The van der Waals surface area contributed by atoms with Crippen molar-refractivity contribution in [3.63, 3.8) is 0 Å². The number of aliphatic hydroxyl groups excluding tert-OH is 4. The van der Waals surface area contributed by atoms with Gasteiger partial charge >= 0.3 is 5.97 Å². The molecule has 0 bridgehead atoms. The summed E-state index contributed by atoms with van der Waals surface area (Å²) in [6, 6.07) is 8.34. The van der Waals surface area contributed by atoms with Crippen molar-refractivity contribution in [1.82, 2.24) is 52.8 Å². The van der Waals surface area contributed by atoms with Gasteiger partial charge in [-0.3, -0.25) is 43.2 Å². The second-order valence-corrected chi connectivity index (χ2v) is 20.1. The van der Waals surface area contributed by atoms with Crippen molar-refractivity contribution in [2.24, 2.45) is 11.5 Å². The standard InChI is InChI=1S/C55H76N12O15S/c1-29(57)46(72)63-41(26-68)51(77)60-38(22-32-14-6-4-7-15-32)48(74)61-40(24-34-25-58-36-19-11-10-18-35(34)36)49(75)59-37(20-12-13-21-56)47(73)66-44(30(2)70)53(79)62-39(23-33-16-8-5-9-17-33)50(76)67-45(31(3)71)54(80)64-42(27-69)52(78)65-43(28-83)55(81)82/h4-11,14-19,25,29-31,37-45,58,68-71,83H,12-13,20-24,26-28,56-57H2,1-3H3,(H,59,75)(H,60,77)(H,61,74)(H,62,79)(H,63,72)(H,64,80)(H,65,78)(H,66,73)(H,67,76)(H,81,82)/t29-,30+,31+,37-,38-,39-,40-,41-,42-,43-,44-,45-/m0/s1. The predicted molar refractivity (Wildman–Crippen MR) is 305 cm³/mol. The first-order valence-electron chi connectivity index (χ1n) is 26.7. The Bertz CT molecular complexity index is 2830. The Morgan fingerprint density at radius 1 is 0.494 bits per heavy atom. The van der Waals surface area contributed by atoms with Gasteiger partial charge in [-0.15, -0.1) is 0 Å². The largest absolute Gasteiger partial charge is 0.480 e. The summed E-state index contributed by atoms with van der Waals surface area (Å²) in [7, 11) is 0. The molecule has 0 aliphatic rings. The summed E-state index contributed by atoms with van der Waals surface area (Å²) < 4.78 is 0. The molecule has 452 valence electrons. The van der Waals surface area contributed by atoms with E-state index in [1.165, 1.54) is 13.8 Å². The third-order valence-electron chi connectivity index (χ3n) is 13.1. The van der Waals surface area contributed by atoms with E-state index in [0.29, 0.717) is 34.0 Å². The van der Waals surface area contributed by atoms with Gasteiger partial charge in [-0.2, -0.15) is 12.6 Å². The van der Waals surface area contributed by atoms with Crippen LogP contribution in [0, 0.1) is 0 Å². The van der Waals surface area contributed by atoms with Crippen LogP contribution in [0.5, 0.6) is 0 Å². The Morgan fingerprint density at radius 3 is 1.33 bits per heavy atom. The van der Waals surface area contributed by atoms with Crippen molar-refractivity contribution in [3.05, 3.63) is 108 Å². The number of para-hydroxylation sites is 1. The topological polar surface area (TPSA) is 448 Å². The molecule has 0 radical (unpaired) electrons. The fourth-order valence-corrected chi connectivity index (χ4v) is 8.66. The number of benzene rings is 3. The lowest BCUT2D eigenvalue weighted by atomic mass is 10.0. The van der Waals surface area contributed by atoms with E-state index in [9.17, 15) is 73.5 Å². The van der Waals surface area contributed by atoms with Gasteiger partial charge in [0.05, 0.1) is 31.5 Å². The van der Waals surface area contributed by atoms with E-state index in [0.717, 1.165) is 6.92 Å². The van der Waals surface area contributed by atoms with E-state index < -0.39 is 145 Å². The first kappa shape index (κ1) is 67.5. The van der Waals surface area contributed by atoms with Crippen LogP contribution >= 0.6 is 12.6 Å². The minimum Gasteiger partial charge on any atom is -0.480 e. The van der Waals surface area contributed by atoms with Crippen molar-refractivity contribution in [2.45, 2.75) is 132 Å². The highest BCUT2D eigenvalue weighted by atomic mass is 32.1. The molecule has 0 fully saturated rings. The van der Waals surface area contributed by atoms with Gasteiger partial charge in [0, 0.05) is 42.1 Å². The number of rotatable bonds is 34. The number of carbonyl (C=O) groups excluding carboxylic acids is 9. The number of aliphatic carboxylic acids is 1. The number of amides is 9. The average molecular weight is 1180 g/mol. The van der Waals surface area contributed by atoms with Crippen molar-refractivity contribution in [3.8, 4) is 0 Å². The molecule has 4 aromatic rings. The summed E-state index contributed by atoms with van der Waals surface area (Å²) >= 11 is 3.88. The zero-order chi connectivity index (χ0) is 61.3. The fraction of sp³-hybridized carbons (Fsp3) is 0.455. The maximum absolute atomic E-state index is 14.8. The molecule has 27 nitrogen and oxygen atoms in total. The molecule has 1 heterocycles. The number of aromatic amines is 1. The molecule has 4 rings (SSSR count). The number of thiol groups is 1. The normalized spacial score (nSPS) is 15.5. The van der Waals surface area contributed by atoms with Gasteiger partial charge in [0.1, 0.15) is 54.4 Å². The minimum atomic E-state index is -1.85. The smallest absolute Gasteiger partial charge is 0.327 e. The lowest BCUT2D eigenvalue weighted by molar-refractivity contribution is -0.142. The van der Waals surface area contributed by atoms with Gasteiger partial charge in [-0.1, -0.05) is 78.9 Å².